The van der Waals surface area contributed by atoms with Gasteiger partial charge in [0.1, 0.15) is 0 Å². The third-order valence-corrected chi connectivity index (χ3v) is 6.78. The molecule has 6 heteroatoms. The van der Waals surface area contributed by atoms with Gasteiger partial charge < -0.3 is 18.9 Å². The van der Waals surface area contributed by atoms with E-state index in [4.69, 9.17) is 18.9 Å². The maximum atomic E-state index is 12.3. The molecule has 160 valence electrons. The highest BCUT2D eigenvalue weighted by Gasteiger charge is 2.53. The maximum Gasteiger partial charge on any atom is 0.308 e. The van der Waals surface area contributed by atoms with Crippen molar-refractivity contribution in [2.75, 3.05) is 0 Å². The van der Waals surface area contributed by atoms with Crippen LogP contribution in [0.5, 0.6) is 0 Å². The predicted molar refractivity (Wildman–Crippen MR) is 103 cm³/mol. The Bertz CT molecular complexity index is 561. The molecular weight excluding hydrogens is 360 g/mol. The molecule has 3 rings (SSSR count). The van der Waals surface area contributed by atoms with E-state index in [0.29, 0.717) is 23.7 Å². The van der Waals surface area contributed by atoms with Crippen LogP contribution in [-0.4, -0.2) is 36.7 Å². The first-order valence-corrected chi connectivity index (χ1v) is 11.0. The van der Waals surface area contributed by atoms with E-state index in [0.717, 1.165) is 12.8 Å². The SMILES string of the molecule is CC(C)OC(=O)CCC(=O)O[C@@H]1O[C@@H]2O[C@@H](C)CC[C@@H]3C2[C@@H](CC[C@H]3C)[C@H]1C. The molecule has 0 aromatic heterocycles. The van der Waals surface area contributed by atoms with Gasteiger partial charge in [-0.2, -0.15) is 0 Å². The second-order valence-electron chi connectivity index (χ2n) is 9.24. The number of ether oxygens (including phenoxy) is 4. The van der Waals surface area contributed by atoms with Gasteiger partial charge in [-0.25, -0.2) is 0 Å². The van der Waals surface area contributed by atoms with Gasteiger partial charge in [0.15, 0.2) is 6.29 Å². The van der Waals surface area contributed by atoms with Crippen LogP contribution in [0, 0.1) is 29.6 Å². The Balaban J connectivity index is 1.62. The van der Waals surface area contributed by atoms with Crippen molar-refractivity contribution in [2.24, 2.45) is 29.6 Å². The lowest BCUT2D eigenvalue weighted by Gasteiger charge is -2.51. The van der Waals surface area contributed by atoms with Gasteiger partial charge in [0.05, 0.1) is 25.0 Å². The van der Waals surface area contributed by atoms with Gasteiger partial charge in [-0.1, -0.05) is 20.3 Å². The van der Waals surface area contributed by atoms with Crippen molar-refractivity contribution in [1.29, 1.82) is 0 Å². The normalized spacial score (nSPS) is 40.4. The molecule has 2 aliphatic heterocycles. The summed E-state index contributed by atoms with van der Waals surface area (Å²) in [6.07, 6.45) is 3.64. The van der Waals surface area contributed by atoms with Crippen LogP contribution in [0.3, 0.4) is 0 Å². The summed E-state index contributed by atoms with van der Waals surface area (Å²) in [6.45, 7) is 10.1. The molecule has 1 unspecified atom stereocenters. The third kappa shape index (κ3) is 4.88. The minimum Gasteiger partial charge on any atom is -0.463 e. The molecule has 0 aromatic rings. The van der Waals surface area contributed by atoms with Gasteiger partial charge in [-0.15, -0.1) is 0 Å². The zero-order valence-electron chi connectivity index (χ0n) is 17.9. The summed E-state index contributed by atoms with van der Waals surface area (Å²) >= 11 is 0. The highest BCUT2D eigenvalue weighted by Crippen LogP contribution is 2.52. The van der Waals surface area contributed by atoms with E-state index in [1.165, 1.54) is 12.8 Å². The van der Waals surface area contributed by atoms with Crippen molar-refractivity contribution in [3.05, 3.63) is 0 Å². The lowest BCUT2D eigenvalue weighted by molar-refractivity contribution is -0.325. The molecule has 3 fully saturated rings. The number of carbonyl (C=O) groups is 2. The Kier molecular flexibility index (Phi) is 7.02. The lowest BCUT2D eigenvalue weighted by Crippen LogP contribution is -2.54. The topological polar surface area (TPSA) is 71.1 Å². The smallest absolute Gasteiger partial charge is 0.308 e. The monoisotopic (exact) mass is 396 g/mol. The molecule has 28 heavy (non-hydrogen) atoms. The average Bonchev–Trinajstić information content (AvgIpc) is 2.78. The summed E-state index contributed by atoms with van der Waals surface area (Å²) in [6, 6.07) is 0. The summed E-state index contributed by atoms with van der Waals surface area (Å²) in [5.74, 6) is 1.43. The molecule has 0 bridgehead atoms. The molecule has 0 spiro atoms. The zero-order valence-corrected chi connectivity index (χ0v) is 17.9. The van der Waals surface area contributed by atoms with Crippen LogP contribution in [0.2, 0.25) is 0 Å². The van der Waals surface area contributed by atoms with Crippen molar-refractivity contribution in [1.82, 2.24) is 0 Å². The van der Waals surface area contributed by atoms with Gasteiger partial charge in [0, 0.05) is 11.8 Å². The van der Waals surface area contributed by atoms with E-state index in [9.17, 15) is 9.59 Å². The van der Waals surface area contributed by atoms with E-state index in [1.807, 2.05) is 0 Å². The van der Waals surface area contributed by atoms with Gasteiger partial charge in [0.2, 0.25) is 6.29 Å². The van der Waals surface area contributed by atoms with Gasteiger partial charge in [-0.05, 0) is 57.8 Å². The molecular formula is C22H36O6. The molecule has 0 radical (unpaired) electrons. The average molecular weight is 397 g/mol. The minimum atomic E-state index is -0.612. The van der Waals surface area contributed by atoms with Crippen molar-refractivity contribution in [3.8, 4) is 0 Å². The molecule has 2 heterocycles. The molecule has 8 atom stereocenters. The zero-order chi connectivity index (χ0) is 20.4. The second-order valence-corrected chi connectivity index (χ2v) is 9.24. The summed E-state index contributed by atoms with van der Waals surface area (Å²) in [5, 5.41) is 0. The van der Waals surface area contributed by atoms with Gasteiger partial charge in [0.25, 0.3) is 0 Å². The molecule has 1 saturated carbocycles. The highest BCUT2D eigenvalue weighted by atomic mass is 16.8. The number of hydrogen-bond acceptors (Lipinski definition) is 6. The lowest BCUT2D eigenvalue weighted by atomic mass is 9.61. The number of esters is 2. The van der Waals surface area contributed by atoms with Crippen LogP contribution >= 0.6 is 0 Å². The van der Waals surface area contributed by atoms with Crippen molar-refractivity contribution >= 4 is 11.9 Å². The Morgan fingerprint density at radius 3 is 2.32 bits per heavy atom. The van der Waals surface area contributed by atoms with E-state index in [-0.39, 0.29) is 43.2 Å². The molecule has 0 amide bonds. The van der Waals surface area contributed by atoms with Crippen molar-refractivity contribution in [3.63, 3.8) is 0 Å². The summed E-state index contributed by atoms with van der Waals surface area (Å²) in [7, 11) is 0. The molecule has 3 aliphatic rings. The largest absolute Gasteiger partial charge is 0.463 e. The first-order valence-electron chi connectivity index (χ1n) is 11.0. The number of hydrogen-bond donors (Lipinski definition) is 0. The minimum absolute atomic E-state index is 0.00775. The van der Waals surface area contributed by atoms with Crippen LogP contribution in [0.25, 0.3) is 0 Å². The fourth-order valence-electron chi connectivity index (χ4n) is 5.30. The van der Waals surface area contributed by atoms with Crippen LogP contribution in [-0.2, 0) is 28.5 Å². The predicted octanol–water partition coefficient (Wildman–Crippen LogP) is 4.06. The molecule has 1 aliphatic carbocycles. The fraction of sp³-hybridized carbons (Fsp3) is 0.909. The van der Waals surface area contributed by atoms with Crippen LogP contribution < -0.4 is 0 Å². The van der Waals surface area contributed by atoms with Crippen molar-refractivity contribution < 1.29 is 28.5 Å². The van der Waals surface area contributed by atoms with Crippen LogP contribution in [0.1, 0.15) is 73.1 Å². The number of carbonyl (C=O) groups excluding carboxylic acids is 2. The van der Waals surface area contributed by atoms with E-state index >= 15 is 0 Å². The summed E-state index contributed by atoms with van der Waals surface area (Å²) in [4.78, 5) is 24.0. The summed E-state index contributed by atoms with van der Waals surface area (Å²) in [5.41, 5.74) is 0. The van der Waals surface area contributed by atoms with E-state index < -0.39 is 12.3 Å². The van der Waals surface area contributed by atoms with Crippen molar-refractivity contribution in [2.45, 2.75) is 97.9 Å². The molecule has 6 nitrogen and oxygen atoms in total. The summed E-state index contributed by atoms with van der Waals surface area (Å²) < 4.78 is 23.1. The Labute approximate surface area is 168 Å². The Morgan fingerprint density at radius 1 is 0.929 bits per heavy atom. The number of rotatable bonds is 5. The van der Waals surface area contributed by atoms with E-state index in [2.05, 4.69) is 20.8 Å². The maximum absolute atomic E-state index is 12.3. The molecule has 2 saturated heterocycles. The quantitative estimate of drug-likeness (QED) is 0.653. The van der Waals surface area contributed by atoms with Gasteiger partial charge in [-0.3, -0.25) is 9.59 Å². The van der Waals surface area contributed by atoms with Crippen LogP contribution in [0.15, 0.2) is 0 Å². The standard InChI is InChI=1S/C22H36O6/c1-12(2)25-18(23)10-11-19(24)27-21-15(5)17-8-6-13(3)16-9-7-14(4)26-22(28-21)20(16)17/h12-17,20-22H,6-11H2,1-5H3/t13-,14+,15-,16+,17+,20?,21-,22+/m1/s1. The highest BCUT2D eigenvalue weighted by molar-refractivity contribution is 5.77. The Hall–Kier alpha value is -1.14. The van der Waals surface area contributed by atoms with E-state index in [1.54, 1.807) is 13.8 Å². The van der Waals surface area contributed by atoms with Crippen LogP contribution in [0.4, 0.5) is 0 Å². The molecule has 0 N–H and O–H groups in total. The Morgan fingerprint density at radius 2 is 1.61 bits per heavy atom. The molecule has 0 aromatic carbocycles. The first-order chi connectivity index (χ1) is 13.3. The fourth-order valence-corrected chi connectivity index (χ4v) is 5.30. The third-order valence-electron chi connectivity index (χ3n) is 6.78. The van der Waals surface area contributed by atoms with Gasteiger partial charge >= 0.3 is 11.9 Å². The first kappa shape index (κ1) is 21.6. The second kappa shape index (κ2) is 9.12.